The number of nitrogens with zero attached hydrogens (tertiary/aromatic N) is 4. The van der Waals surface area contributed by atoms with E-state index in [-0.39, 0.29) is 18.3 Å². The standard InChI is InChI=1S/C27H29N5O2/c1-18(2)32-17-22(16-30-32)20-3-4-21-15-29-27(31-25(21)13-20)14-26(33)19-5-7-23(8-6-19)34-24-9-11-28-12-10-24/h3-8,13,15-18,24,28H,9-12,14H2,1-2H3. The molecule has 0 radical (unpaired) electrons. The average molecular weight is 456 g/mol. The van der Waals surface area contributed by atoms with E-state index in [2.05, 4.69) is 34.2 Å². The first-order valence-electron chi connectivity index (χ1n) is 11.9. The summed E-state index contributed by atoms with van der Waals surface area (Å²) < 4.78 is 7.97. The highest BCUT2D eigenvalue weighted by molar-refractivity contribution is 5.97. The van der Waals surface area contributed by atoms with Gasteiger partial charge < -0.3 is 10.1 Å². The van der Waals surface area contributed by atoms with Crippen LogP contribution in [0.2, 0.25) is 0 Å². The maximum Gasteiger partial charge on any atom is 0.170 e. The fraction of sp³-hybridized carbons (Fsp3) is 0.333. The first-order valence-corrected chi connectivity index (χ1v) is 11.9. The summed E-state index contributed by atoms with van der Waals surface area (Å²) in [4.78, 5) is 22.0. The molecule has 1 saturated heterocycles. The summed E-state index contributed by atoms with van der Waals surface area (Å²) in [5.41, 5.74) is 3.54. The molecule has 34 heavy (non-hydrogen) atoms. The van der Waals surface area contributed by atoms with Crippen molar-refractivity contribution in [3.8, 4) is 16.9 Å². The van der Waals surface area contributed by atoms with Gasteiger partial charge in [-0.2, -0.15) is 5.10 Å². The Hall–Kier alpha value is -3.58. The maximum absolute atomic E-state index is 12.9. The molecule has 3 heterocycles. The maximum atomic E-state index is 12.9. The van der Waals surface area contributed by atoms with Gasteiger partial charge in [-0.05, 0) is 75.7 Å². The second-order valence-electron chi connectivity index (χ2n) is 9.05. The fourth-order valence-corrected chi connectivity index (χ4v) is 4.17. The zero-order chi connectivity index (χ0) is 23.5. The Labute approximate surface area is 199 Å². The quantitative estimate of drug-likeness (QED) is 0.409. The van der Waals surface area contributed by atoms with Gasteiger partial charge >= 0.3 is 0 Å². The van der Waals surface area contributed by atoms with Crippen LogP contribution in [-0.4, -0.2) is 44.7 Å². The lowest BCUT2D eigenvalue weighted by Crippen LogP contribution is -2.34. The molecule has 0 atom stereocenters. The summed E-state index contributed by atoms with van der Waals surface area (Å²) >= 11 is 0. The third-order valence-corrected chi connectivity index (χ3v) is 6.18. The SMILES string of the molecule is CC(C)n1cc(-c2ccc3cnc(CC(=O)c4ccc(OC5CCNCC5)cc4)nc3c2)cn1. The molecule has 0 saturated carbocycles. The molecule has 4 aromatic rings. The zero-order valence-corrected chi connectivity index (χ0v) is 19.6. The number of ketones is 1. The van der Waals surface area contributed by atoms with Crippen molar-refractivity contribution in [1.82, 2.24) is 25.1 Å². The van der Waals surface area contributed by atoms with Gasteiger partial charge in [0.2, 0.25) is 0 Å². The number of piperidine rings is 1. The van der Waals surface area contributed by atoms with Crippen LogP contribution in [-0.2, 0) is 6.42 Å². The number of rotatable bonds is 7. The number of benzene rings is 2. The van der Waals surface area contributed by atoms with Crippen LogP contribution in [0, 0.1) is 0 Å². The Morgan fingerprint density at radius 1 is 1.09 bits per heavy atom. The predicted molar refractivity (Wildman–Crippen MR) is 132 cm³/mol. The minimum Gasteiger partial charge on any atom is -0.490 e. The molecule has 0 spiro atoms. The molecule has 7 nitrogen and oxygen atoms in total. The average Bonchev–Trinajstić information content (AvgIpc) is 3.36. The minimum absolute atomic E-state index is 0.0119. The number of nitrogens with one attached hydrogen (secondary N) is 1. The molecule has 7 heteroatoms. The molecular weight excluding hydrogens is 426 g/mol. The number of fused-ring (bicyclic) bond motifs is 1. The van der Waals surface area contributed by atoms with Gasteiger partial charge in [0.15, 0.2) is 5.78 Å². The van der Waals surface area contributed by atoms with E-state index in [1.165, 1.54) is 0 Å². The Kier molecular flexibility index (Phi) is 6.36. The van der Waals surface area contributed by atoms with Crippen molar-refractivity contribution in [2.24, 2.45) is 0 Å². The lowest BCUT2D eigenvalue weighted by atomic mass is 10.1. The van der Waals surface area contributed by atoms with E-state index < -0.39 is 0 Å². The van der Waals surface area contributed by atoms with E-state index in [1.807, 2.05) is 59.5 Å². The summed E-state index contributed by atoms with van der Waals surface area (Å²) in [6.45, 7) is 6.16. The smallest absolute Gasteiger partial charge is 0.170 e. The summed E-state index contributed by atoms with van der Waals surface area (Å²) in [6, 6.07) is 13.8. The molecule has 1 N–H and O–H groups in total. The molecule has 1 aliphatic heterocycles. The van der Waals surface area contributed by atoms with E-state index in [0.29, 0.717) is 17.4 Å². The summed E-state index contributed by atoms with van der Waals surface area (Å²) in [7, 11) is 0. The number of ether oxygens (including phenoxy) is 1. The van der Waals surface area contributed by atoms with Crippen LogP contribution >= 0.6 is 0 Å². The second kappa shape index (κ2) is 9.73. The lowest BCUT2D eigenvalue weighted by Gasteiger charge is -2.23. The summed E-state index contributed by atoms with van der Waals surface area (Å²) in [6.07, 6.45) is 8.07. The van der Waals surface area contributed by atoms with Gasteiger partial charge in [-0.1, -0.05) is 12.1 Å². The molecular formula is C27H29N5O2. The van der Waals surface area contributed by atoms with Crippen LogP contribution in [0.4, 0.5) is 0 Å². The van der Waals surface area contributed by atoms with Crippen molar-refractivity contribution in [3.63, 3.8) is 0 Å². The molecule has 174 valence electrons. The van der Waals surface area contributed by atoms with E-state index in [4.69, 9.17) is 4.74 Å². The number of hydrogen-bond acceptors (Lipinski definition) is 6. The number of aromatic nitrogens is 4. The predicted octanol–water partition coefficient (Wildman–Crippen LogP) is 4.63. The molecule has 1 aliphatic rings. The number of Topliss-reactive ketones (excluding diaryl/α,β-unsaturated/α-hetero) is 1. The molecule has 0 aliphatic carbocycles. The Balaban J connectivity index is 1.29. The molecule has 2 aromatic carbocycles. The van der Waals surface area contributed by atoms with Crippen LogP contribution < -0.4 is 10.1 Å². The number of hydrogen-bond donors (Lipinski definition) is 1. The molecule has 0 unspecified atom stereocenters. The van der Waals surface area contributed by atoms with E-state index in [0.717, 1.165) is 53.7 Å². The first kappa shape index (κ1) is 22.2. The normalized spacial score (nSPS) is 14.6. The van der Waals surface area contributed by atoms with Gasteiger partial charge in [-0.15, -0.1) is 0 Å². The van der Waals surface area contributed by atoms with Gasteiger partial charge in [0.25, 0.3) is 0 Å². The number of carbonyl (C=O) groups is 1. The Morgan fingerprint density at radius 3 is 2.62 bits per heavy atom. The van der Waals surface area contributed by atoms with Crippen LogP contribution in [0.3, 0.4) is 0 Å². The Morgan fingerprint density at radius 2 is 1.88 bits per heavy atom. The van der Waals surface area contributed by atoms with Gasteiger partial charge in [0, 0.05) is 34.9 Å². The highest BCUT2D eigenvalue weighted by Gasteiger charge is 2.15. The monoisotopic (exact) mass is 455 g/mol. The largest absolute Gasteiger partial charge is 0.490 e. The molecule has 1 fully saturated rings. The van der Waals surface area contributed by atoms with Crippen LogP contribution in [0.1, 0.15) is 48.9 Å². The minimum atomic E-state index is -0.0119. The molecule has 0 bridgehead atoms. The third kappa shape index (κ3) is 4.99. The highest BCUT2D eigenvalue weighted by Crippen LogP contribution is 2.24. The molecule has 0 amide bonds. The van der Waals surface area contributed by atoms with E-state index in [9.17, 15) is 4.79 Å². The zero-order valence-electron chi connectivity index (χ0n) is 19.6. The van der Waals surface area contributed by atoms with Crippen LogP contribution in [0.25, 0.3) is 22.0 Å². The first-order chi connectivity index (χ1) is 16.5. The van der Waals surface area contributed by atoms with Crippen LogP contribution in [0.5, 0.6) is 5.75 Å². The fourth-order valence-electron chi connectivity index (χ4n) is 4.17. The van der Waals surface area contributed by atoms with Gasteiger partial charge in [0.1, 0.15) is 17.7 Å². The van der Waals surface area contributed by atoms with Crippen molar-refractivity contribution in [3.05, 3.63) is 72.4 Å². The Bertz CT molecular complexity index is 1290. The van der Waals surface area contributed by atoms with E-state index in [1.54, 1.807) is 6.20 Å². The third-order valence-electron chi connectivity index (χ3n) is 6.18. The van der Waals surface area contributed by atoms with Gasteiger partial charge in [-0.25, -0.2) is 9.97 Å². The number of carbonyl (C=O) groups excluding carboxylic acids is 1. The topological polar surface area (TPSA) is 81.9 Å². The van der Waals surface area contributed by atoms with Crippen molar-refractivity contribution in [1.29, 1.82) is 0 Å². The highest BCUT2D eigenvalue weighted by atomic mass is 16.5. The molecule has 5 rings (SSSR count). The van der Waals surface area contributed by atoms with Crippen molar-refractivity contribution >= 4 is 16.7 Å². The lowest BCUT2D eigenvalue weighted by molar-refractivity contribution is 0.0991. The van der Waals surface area contributed by atoms with Gasteiger partial charge in [-0.3, -0.25) is 9.48 Å². The van der Waals surface area contributed by atoms with Crippen molar-refractivity contribution in [2.45, 2.75) is 45.3 Å². The molecule has 2 aromatic heterocycles. The van der Waals surface area contributed by atoms with Crippen molar-refractivity contribution in [2.75, 3.05) is 13.1 Å². The van der Waals surface area contributed by atoms with Crippen LogP contribution in [0.15, 0.2) is 61.1 Å². The summed E-state index contributed by atoms with van der Waals surface area (Å²) in [5, 5.41) is 8.70. The van der Waals surface area contributed by atoms with E-state index >= 15 is 0 Å². The second-order valence-corrected chi connectivity index (χ2v) is 9.05. The van der Waals surface area contributed by atoms with Gasteiger partial charge in [0.05, 0.1) is 18.1 Å². The van der Waals surface area contributed by atoms with Crippen molar-refractivity contribution < 1.29 is 9.53 Å². The summed E-state index contributed by atoms with van der Waals surface area (Å²) in [5.74, 6) is 1.31.